The number of aromatic hydroxyl groups is 1. The number of rotatable bonds is 2. The maximum atomic E-state index is 12.1. The first kappa shape index (κ1) is 16.5. The number of para-hydroxylation sites is 1. The minimum atomic E-state index is -0.473. The molecule has 1 amide bonds. The summed E-state index contributed by atoms with van der Waals surface area (Å²) >= 11 is 0. The van der Waals surface area contributed by atoms with Crippen LogP contribution in [0.2, 0.25) is 0 Å². The lowest BCUT2D eigenvalue weighted by Gasteiger charge is -2.33. The van der Waals surface area contributed by atoms with Crippen molar-refractivity contribution in [3.8, 4) is 11.5 Å². The van der Waals surface area contributed by atoms with Gasteiger partial charge in [-0.15, -0.1) is 0 Å². The van der Waals surface area contributed by atoms with Crippen LogP contribution in [-0.2, 0) is 4.74 Å². The zero-order chi connectivity index (χ0) is 16.3. The van der Waals surface area contributed by atoms with Crippen LogP contribution in [0.4, 0.5) is 4.79 Å². The first-order chi connectivity index (χ1) is 10.3. The van der Waals surface area contributed by atoms with Crippen molar-refractivity contribution in [1.82, 2.24) is 4.90 Å². The van der Waals surface area contributed by atoms with Crippen molar-refractivity contribution in [2.45, 2.75) is 45.1 Å². The smallest absolute Gasteiger partial charge is 0.410 e. The predicted octanol–water partition coefficient (Wildman–Crippen LogP) is 3.52. The molecule has 0 unspecified atom stereocenters. The van der Waals surface area contributed by atoms with E-state index in [-0.39, 0.29) is 17.8 Å². The number of carbonyl (C=O) groups is 1. The summed E-state index contributed by atoms with van der Waals surface area (Å²) in [5.41, 5.74) is 0.419. The van der Waals surface area contributed by atoms with Gasteiger partial charge in [0.15, 0.2) is 11.5 Å². The van der Waals surface area contributed by atoms with E-state index in [1.807, 2.05) is 32.9 Å². The van der Waals surface area contributed by atoms with Gasteiger partial charge in [-0.3, -0.25) is 0 Å². The average molecular weight is 307 g/mol. The van der Waals surface area contributed by atoms with E-state index < -0.39 is 5.60 Å². The number of nitrogens with zero attached hydrogens (tertiary/aromatic N) is 1. The van der Waals surface area contributed by atoms with Crippen LogP contribution in [-0.4, -0.2) is 41.9 Å². The summed E-state index contributed by atoms with van der Waals surface area (Å²) in [6, 6.07) is 5.55. The molecule has 1 heterocycles. The Labute approximate surface area is 131 Å². The summed E-state index contributed by atoms with van der Waals surface area (Å²) in [5, 5.41) is 10.2. The molecule has 0 radical (unpaired) electrons. The first-order valence-corrected chi connectivity index (χ1v) is 7.65. The Morgan fingerprint density at radius 2 is 1.91 bits per heavy atom. The van der Waals surface area contributed by atoms with Crippen molar-refractivity contribution in [3.63, 3.8) is 0 Å². The van der Waals surface area contributed by atoms with E-state index >= 15 is 0 Å². The Hall–Kier alpha value is -1.91. The summed E-state index contributed by atoms with van der Waals surface area (Å²) in [7, 11) is 1.55. The van der Waals surface area contributed by atoms with Crippen molar-refractivity contribution in [1.29, 1.82) is 0 Å². The minimum Gasteiger partial charge on any atom is -0.504 e. The molecule has 1 aromatic carbocycles. The van der Waals surface area contributed by atoms with Crippen LogP contribution in [0, 0.1) is 0 Å². The molecule has 2 rings (SSSR count). The number of benzene rings is 1. The molecule has 0 aromatic heterocycles. The predicted molar refractivity (Wildman–Crippen MR) is 84.4 cm³/mol. The van der Waals surface area contributed by atoms with Crippen molar-refractivity contribution in [2.24, 2.45) is 0 Å². The maximum absolute atomic E-state index is 12.1. The van der Waals surface area contributed by atoms with E-state index in [4.69, 9.17) is 9.47 Å². The van der Waals surface area contributed by atoms with Crippen LogP contribution in [0.15, 0.2) is 18.2 Å². The van der Waals surface area contributed by atoms with E-state index in [0.717, 1.165) is 18.4 Å². The number of amides is 1. The minimum absolute atomic E-state index is 0.209. The van der Waals surface area contributed by atoms with Crippen LogP contribution >= 0.6 is 0 Å². The number of carbonyl (C=O) groups excluding carboxylic acids is 1. The summed E-state index contributed by atoms with van der Waals surface area (Å²) in [6.07, 6.45) is 1.35. The van der Waals surface area contributed by atoms with Crippen molar-refractivity contribution in [2.75, 3.05) is 20.2 Å². The highest BCUT2D eigenvalue weighted by atomic mass is 16.6. The largest absolute Gasteiger partial charge is 0.504 e. The number of methoxy groups -OCH3 is 1. The lowest BCUT2D eigenvalue weighted by molar-refractivity contribution is 0.0204. The topological polar surface area (TPSA) is 59.0 Å². The molecule has 0 saturated carbocycles. The second-order valence-electron chi connectivity index (χ2n) is 6.64. The van der Waals surface area contributed by atoms with Crippen molar-refractivity contribution >= 4 is 6.09 Å². The number of phenolic OH excluding ortho intramolecular Hbond substituents is 1. The molecule has 1 fully saturated rings. The molecule has 5 nitrogen and oxygen atoms in total. The molecule has 1 aromatic rings. The van der Waals surface area contributed by atoms with Gasteiger partial charge in [0.25, 0.3) is 0 Å². The van der Waals surface area contributed by atoms with Crippen LogP contribution in [0.25, 0.3) is 0 Å². The van der Waals surface area contributed by atoms with Gasteiger partial charge in [-0.2, -0.15) is 0 Å². The SMILES string of the molecule is COc1cccc(C2CCN(C(=O)OC(C)(C)C)CC2)c1O. The van der Waals surface area contributed by atoms with Gasteiger partial charge in [-0.25, -0.2) is 4.79 Å². The number of hydrogen-bond acceptors (Lipinski definition) is 4. The lowest BCUT2D eigenvalue weighted by atomic mass is 9.89. The zero-order valence-corrected chi connectivity index (χ0v) is 13.8. The lowest BCUT2D eigenvalue weighted by Crippen LogP contribution is -2.41. The number of hydrogen-bond donors (Lipinski definition) is 1. The Morgan fingerprint density at radius 1 is 1.27 bits per heavy atom. The second kappa shape index (κ2) is 6.46. The molecule has 22 heavy (non-hydrogen) atoms. The van der Waals surface area contributed by atoms with Gasteiger partial charge in [0.1, 0.15) is 5.60 Å². The third kappa shape index (κ3) is 3.84. The van der Waals surface area contributed by atoms with E-state index in [9.17, 15) is 9.90 Å². The molecule has 1 saturated heterocycles. The van der Waals surface area contributed by atoms with Crippen LogP contribution in [0.3, 0.4) is 0 Å². The van der Waals surface area contributed by atoms with Crippen LogP contribution in [0.5, 0.6) is 11.5 Å². The summed E-state index contributed by atoms with van der Waals surface area (Å²) in [5.74, 6) is 0.932. The highest BCUT2D eigenvalue weighted by Gasteiger charge is 2.28. The third-order valence-electron chi connectivity index (χ3n) is 3.84. The monoisotopic (exact) mass is 307 g/mol. The molecule has 122 valence electrons. The Morgan fingerprint density at radius 3 is 2.45 bits per heavy atom. The van der Waals surface area contributed by atoms with Gasteiger partial charge in [0.05, 0.1) is 7.11 Å². The summed E-state index contributed by atoms with van der Waals surface area (Å²) < 4.78 is 10.6. The van der Waals surface area contributed by atoms with Crippen molar-refractivity contribution in [3.05, 3.63) is 23.8 Å². The highest BCUT2D eigenvalue weighted by Crippen LogP contribution is 2.38. The molecule has 0 aliphatic carbocycles. The van der Waals surface area contributed by atoms with Gasteiger partial charge >= 0.3 is 6.09 Å². The molecule has 0 spiro atoms. The second-order valence-corrected chi connectivity index (χ2v) is 6.64. The number of phenols is 1. The molecule has 1 N–H and O–H groups in total. The standard InChI is InChI=1S/C17H25NO4/c1-17(2,3)22-16(20)18-10-8-12(9-11-18)13-6-5-7-14(21-4)15(13)19/h5-7,12,19H,8-11H2,1-4H3. The molecular weight excluding hydrogens is 282 g/mol. The Bertz CT molecular complexity index is 528. The van der Waals surface area contributed by atoms with Gasteiger partial charge in [-0.1, -0.05) is 12.1 Å². The first-order valence-electron chi connectivity index (χ1n) is 7.65. The molecule has 5 heteroatoms. The molecular formula is C17H25NO4. The van der Waals surface area contributed by atoms with Crippen LogP contribution in [0.1, 0.15) is 45.1 Å². The fourth-order valence-electron chi connectivity index (χ4n) is 2.73. The van der Waals surface area contributed by atoms with Gasteiger partial charge in [0.2, 0.25) is 0 Å². The van der Waals surface area contributed by atoms with E-state index in [1.54, 1.807) is 18.1 Å². The molecule has 0 bridgehead atoms. The third-order valence-corrected chi connectivity index (χ3v) is 3.84. The molecule has 1 aliphatic heterocycles. The fourth-order valence-corrected chi connectivity index (χ4v) is 2.73. The number of likely N-dealkylation sites (tertiary alicyclic amines) is 1. The normalized spacial score (nSPS) is 16.5. The van der Waals surface area contributed by atoms with Crippen molar-refractivity contribution < 1.29 is 19.4 Å². The fraction of sp³-hybridized carbons (Fsp3) is 0.588. The average Bonchev–Trinajstić information content (AvgIpc) is 2.46. The van der Waals surface area contributed by atoms with Crippen LogP contribution < -0.4 is 4.74 Å². The van der Waals surface area contributed by atoms with E-state index in [2.05, 4.69) is 0 Å². The molecule has 0 atom stereocenters. The quantitative estimate of drug-likeness (QED) is 0.908. The highest BCUT2D eigenvalue weighted by molar-refractivity contribution is 5.68. The Kier molecular flexibility index (Phi) is 4.84. The Balaban J connectivity index is 1.99. The number of piperidine rings is 1. The van der Waals surface area contributed by atoms with E-state index in [1.165, 1.54) is 0 Å². The number of ether oxygens (including phenoxy) is 2. The van der Waals surface area contributed by atoms with Gasteiger partial charge in [-0.05, 0) is 45.6 Å². The zero-order valence-electron chi connectivity index (χ0n) is 13.8. The summed E-state index contributed by atoms with van der Waals surface area (Å²) in [6.45, 7) is 6.87. The van der Waals surface area contributed by atoms with Gasteiger partial charge < -0.3 is 19.5 Å². The van der Waals surface area contributed by atoms with E-state index in [0.29, 0.717) is 18.8 Å². The molecule has 1 aliphatic rings. The maximum Gasteiger partial charge on any atom is 0.410 e. The summed E-state index contributed by atoms with van der Waals surface area (Å²) in [4.78, 5) is 13.8. The van der Waals surface area contributed by atoms with Gasteiger partial charge in [0, 0.05) is 18.7 Å².